The molecule has 0 saturated heterocycles. The van der Waals surface area contributed by atoms with Crippen molar-refractivity contribution >= 4 is 0 Å². The number of rotatable bonds is 7. The third-order valence-corrected chi connectivity index (χ3v) is 4.81. The van der Waals surface area contributed by atoms with Gasteiger partial charge < -0.3 is 10.1 Å². The van der Waals surface area contributed by atoms with Crippen LogP contribution in [0.1, 0.15) is 56.2 Å². The standard InChI is InChI=1S/C18H24N2O/c1-2-12-20-16-7-6-15-14(16)4-3-5-17(15)21-13-18(8-9-18)10-11-19/h3-5,16,20H,2,6-10,12-13H2,1H3. The van der Waals surface area contributed by atoms with Crippen LogP contribution in [0.3, 0.4) is 0 Å². The van der Waals surface area contributed by atoms with Gasteiger partial charge in [0.25, 0.3) is 0 Å². The van der Waals surface area contributed by atoms with Crippen molar-refractivity contribution in [2.24, 2.45) is 5.41 Å². The van der Waals surface area contributed by atoms with Crippen LogP contribution in [-0.2, 0) is 6.42 Å². The molecule has 0 amide bonds. The van der Waals surface area contributed by atoms with E-state index < -0.39 is 0 Å². The Labute approximate surface area is 127 Å². The predicted molar refractivity (Wildman–Crippen MR) is 83.2 cm³/mol. The van der Waals surface area contributed by atoms with Gasteiger partial charge in [0.05, 0.1) is 12.7 Å². The van der Waals surface area contributed by atoms with Crippen molar-refractivity contribution in [1.82, 2.24) is 5.32 Å². The largest absolute Gasteiger partial charge is 0.493 e. The second-order valence-corrected chi connectivity index (χ2v) is 6.49. The van der Waals surface area contributed by atoms with Crippen molar-refractivity contribution in [2.75, 3.05) is 13.2 Å². The summed E-state index contributed by atoms with van der Waals surface area (Å²) < 4.78 is 6.10. The fourth-order valence-electron chi connectivity index (χ4n) is 3.23. The third-order valence-electron chi connectivity index (χ3n) is 4.81. The molecule has 2 aliphatic carbocycles. The number of ether oxygens (including phenoxy) is 1. The lowest BCUT2D eigenvalue weighted by Gasteiger charge is -2.17. The zero-order valence-corrected chi connectivity index (χ0v) is 12.8. The monoisotopic (exact) mass is 284 g/mol. The van der Waals surface area contributed by atoms with Gasteiger partial charge in [0.1, 0.15) is 5.75 Å². The molecule has 3 heteroatoms. The molecular weight excluding hydrogens is 260 g/mol. The SMILES string of the molecule is CCCNC1CCc2c(OCC3(CC#N)CC3)cccc21. The van der Waals surface area contributed by atoms with Crippen LogP contribution in [0.2, 0.25) is 0 Å². The summed E-state index contributed by atoms with van der Waals surface area (Å²) in [6.45, 7) is 3.97. The molecule has 1 unspecified atom stereocenters. The average Bonchev–Trinajstić information content (AvgIpc) is 3.14. The second kappa shape index (κ2) is 6.07. The maximum Gasteiger partial charge on any atom is 0.122 e. The van der Waals surface area contributed by atoms with E-state index in [1.807, 2.05) is 0 Å². The topological polar surface area (TPSA) is 45.0 Å². The van der Waals surface area contributed by atoms with Gasteiger partial charge in [-0.1, -0.05) is 19.1 Å². The average molecular weight is 284 g/mol. The van der Waals surface area contributed by atoms with Crippen molar-refractivity contribution in [3.05, 3.63) is 29.3 Å². The zero-order valence-electron chi connectivity index (χ0n) is 12.8. The highest BCUT2D eigenvalue weighted by molar-refractivity contribution is 5.45. The molecule has 0 spiro atoms. The Bertz CT molecular complexity index is 543. The van der Waals surface area contributed by atoms with Gasteiger partial charge in [-0.3, -0.25) is 0 Å². The summed E-state index contributed by atoms with van der Waals surface area (Å²) >= 11 is 0. The summed E-state index contributed by atoms with van der Waals surface area (Å²) in [7, 11) is 0. The highest BCUT2D eigenvalue weighted by Crippen LogP contribution is 2.49. The van der Waals surface area contributed by atoms with Crippen LogP contribution in [0.5, 0.6) is 5.75 Å². The van der Waals surface area contributed by atoms with Gasteiger partial charge in [0.15, 0.2) is 0 Å². The number of hydrogen-bond donors (Lipinski definition) is 1. The second-order valence-electron chi connectivity index (χ2n) is 6.49. The van der Waals surface area contributed by atoms with Crippen LogP contribution in [0, 0.1) is 16.7 Å². The number of benzene rings is 1. The van der Waals surface area contributed by atoms with Gasteiger partial charge >= 0.3 is 0 Å². The summed E-state index contributed by atoms with van der Waals surface area (Å²) in [4.78, 5) is 0. The molecule has 1 saturated carbocycles. The van der Waals surface area contributed by atoms with Gasteiger partial charge in [0.2, 0.25) is 0 Å². The smallest absolute Gasteiger partial charge is 0.122 e. The molecule has 1 N–H and O–H groups in total. The lowest BCUT2D eigenvalue weighted by Crippen LogP contribution is -2.19. The Balaban J connectivity index is 1.68. The molecule has 1 aromatic carbocycles. The highest BCUT2D eigenvalue weighted by Gasteiger charge is 2.43. The quantitative estimate of drug-likeness (QED) is 0.829. The van der Waals surface area contributed by atoms with E-state index in [0.717, 1.165) is 31.6 Å². The minimum Gasteiger partial charge on any atom is -0.493 e. The highest BCUT2D eigenvalue weighted by atomic mass is 16.5. The molecule has 0 aromatic heterocycles. The first-order valence-electron chi connectivity index (χ1n) is 8.13. The molecule has 0 heterocycles. The van der Waals surface area contributed by atoms with Crippen LogP contribution in [0.4, 0.5) is 0 Å². The number of nitriles is 1. The predicted octanol–water partition coefficient (Wildman–Crippen LogP) is 3.75. The summed E-state index contributed by atoms with van der Waals surface area (Å²) in [5, 5.41) is 12.5. The summed E-state index contributed by atoms with van der Waals surface area (Å²) in [5.41, 5.74) is 2.93. The first-order valence-corrected chi connectivity index (χ1v) is 8.13. The van der Waals surface area contributed by atoms with Crippen molar-refractivity contribution < 1.29 is 4.74 Å². The number of fused-ring (bicyclic) bond motifs is 1. The van der Waals surface area contributed by atoms with E-state index in [0.29, 0.717) is 19.1 Å². The lowest BCUT2D eigenvalue weighted by atomic mass is 10.0. The molecule has 21 heavy (non-hydrogen) atoms. The third kappa shape index (κ3) is 3.06. The summed E-state index contributed by atoms with van der Waals surface area (Å²) in [5.74, 6) is 1.04. The van der Waals surface area contributed by atoms with E-state index in [1.54, 1.807) is 0 Å². The van der Waals surface area contributed by atoms with E-state index in [4.69, 9.17) is 10.00 Å². The normalized spacial score (nSPS) is 21.6. The molecule has 3 rings (SSSR count). The Morgan fingerprint density at radius 2 is 2.29 bits per heavy atom. The van der Waals surface area contributed by atoms with E-state index in [9.17, 15) is 0 Å². The first-order chi connectivity index (χ1) is 10.3. The maximum absolute atomic E-state index is 8.90. The van der Waals surface area contributed by atoms with Gasteiger partial charge in [-0.25, -0.2) is 0 Å². The van der Waals surface area contributed by atoms with Crippen LogP contribution in [0.15, 0.2) is 18.2 Å². The molecule has 0 radical (unpaired) electrons. The van der Waals surface area contributed by atoms with Crippen molar-refractivity contribution in [2.45, 2.75) is 51.5 Å². The Hall–Kier alpha value is -1.53. The summed E-state index contributed by atoms with van der Waals surface area (Å²) in [6, 6.07) is 9.20. The van der Waals surface area contributed by atoms with E-state index in [1.165, 1.54) is 24.0 Å². The minimum atomic E-state index is 0.149. The number of nitrogens with zero attached hydrogens (tertiary/aromatic N) is 1. The Morgan fingerprint density at radius 1 is 1.43 bits per heavy atom. The Kier molecular flexibility index (Phi) is 4.17. The van der Waals surface area contributed by atoms with Crippen molar-refractivity contribution in [3.8, 4) is 11.8 Å². The summed E-state index contributed by atoms with van der Waals surface area (Å²) in [6.07, 6.45) is 6.32. The van der Waals surface area contributed by atoms with Crippen molar-refractivity contribution in [1.29, 1.82) is 5.26 Å². The van der Waals surface area contributed by atoms with Crippen LogP contribution >= 0.6 is 0 Å². The Morgan fingerprint density at radius 3 is 3.00 bits per heavy atom. The van der Waals surface area contributed by atoms with E-state index in [-0.39, 0.29) is 5.41 Å². The van der Waals surface area contributed by atoms with Crippen LogP contribution in [-0.4, -0.2) is 13.2 Å². The van der Waals surface area contributed by atoms with Gasteiger partial charge in [-0.2, -0.15) is 5.26 Å². The molecule has 112 valence electrons. The lowest BCUT2D eigenvalue weighted by molar-refractivity contribution is 0.235. The van der Waals surface area contributed by atoms with Crippen LogP contribution < -0.4 is 10.1 Å². The van der Waals surface area contributed by atoms with E-state index in [2.05, 4.69) is 36.5 Å². The molecule has 0 bridgehead atoms. The molecule has 3 nitrogen and oxygen atoms in total. The van der Waals surface area contributed by atoms with Gasteiger partial charge in [0, 0.05) is 17.9 Å². The first kappa shape index (κ1) is 14.4. The van der Waals surface area contributed by atoms with E-state index >= 15 is 0 Å². The van der Waals surface area contributed by atoms with Gasteiger partial charge in [-0.15, -0.1) is 0 Å². The zero-order chi connectivity index (χ0) is 14.7. The molecule has 1 fully saturated rings. The molecular formula is C18H24N2O. The minimum absolute atomic E-state index is 0.149. The fourth-order valence-corrected chi connectivity index (χ4v) is 3.23. The fraction of sp³-hybridized carbons (Fsp3) is 0.611. The van der Waals surface area contributed by atoms with Gasteiger partial charge in [-0.05, 0) is 55.8 Å². The number of hydrogen-bond acceptors (Lipinski definition) is 3. The molecule has 1 atom stereocenters. The van der Waals surface area contributed by atoms with Crippen molar-refractivity contribution in [3.63, 3.8) is 0 Å². The van der Waals surface area contributed by atoms with Crippen LogP contribution in [0.25, 0.3) is 0 Å². The molecule has 0 aliphatic heterocycles. The maximum atomic E-state index is 8.90. The molecule has 1 aromatic rings. The molecule has 2 aliphatic rings. The number of nitrogens with one attached hydrogen (secondary N) is 1.